The van der Waals surface area contributed by atoms with Crippen LogP contribution < -0.4 is 5.73 Å². The molecular formula is C9H18N4O2S2. The third kappa shape index (κ3) is 3.01. The molecule has 0 atom stereocenters. The Hall–Kier alpha value is -0.570. The fraction of sp³-hybridized carbons (Fsp3) is 0.667. The number of hydrogen-bond acceptors (Lipinski definition) is 5. The summed E-state index contributed by atoms with van der Waals surface area (Å²) in [5, 5.41) is 6.57. The number of hydrogen-bond donors (Lipinski definition) is 2. The lowest BCUT2D eigenvalue weighted by Crippen LogP contribution is -2.30. The zero-order valence-corrected chi connectivity index (χ0v) is 11.9. The number of aromatic nitrogens is 2. The standard InChI is InChI=1S/C9H18N4O2S2/c1-7-9(8(6-10)12-11-7)17(14,15)13(2)4-5-16-3/h4-6,10H2,1-3H3,(H,11,12). The number of aromatic amines is 1. The summed E-state index contributed by atoms with van der Waals surface area (Å²) in [6, 6.07) is 0. The van der Waals surface area contributed by atoms with Gasteiger partial charge in [-0.25, -0.2) is 8.42 Å². The minimum Gasteiger partial charge on any atom is -0.325 e. The number of aryl methyl sites for hydroxylation is 1. The first-order valence-corrected chi connectivity index (χ1v) is 7.97. The molecule has 1 aromatic heterocycles. The summed E-state index contributed by atoms with van der Waals surface area (Å²) >= 11 is 1.60. The number of nitrogens with two attached hydrogens (primary N) is 1. The Labute approximate surface area is 106 Å². The highest BCUT2D eigenvalue weighted by Crippen LogP contribution is 2.21. The quantitative estimate of drug-likeness (QED) is 0.773. The molecule has 98 valence electrons. The molecule has 8 heteroatoms. The summed E-state index contributed by atoms with van der Waals surface area (Å²) < 4.78 is 25.9. The molecule has 0 bridgehead atoms. The van der Waals surface area contributed by atoms with Crippen molar-refractivity contribution in [3.63, 3.8) is 0 Å². The zero-order valence-electron chi connectivity index (χ0n) is 10.2. The number of rotatable bonds is 6. The van der Waals surface area contributed by atoms with Gasteiger partial charge in [-0.2, -0.15) is 21.2 Å². The molecule has 1 aromatic rings. The summed E-state index contributed by atoms with van der Waals surface area (Å²) in [6.07, 6.45) is 1.94. The summed E-state index contributed by atoms with van der Waals surface area (Å²) in [4.78, 5) is 0.212. The molecule has 0 aliphatic rings. The molecule has 0 aliphatic carbocycles. The fourth-order valence-electron chi connectivity index (χ4n) is 1.45. The van der Waals surface area contributed by atoms with E-state index in [1.54, 1.807) is 25.7 Å². The summed E-state index contributed by atoms with van der Waals surface area (Å²) in [5.74, 6) is 0.755. The van der Waals surface area contributed by atoms with Crippen molar-refractivity contribution in [2.24, 2.45) is 5.73 Å². The predicted molar refractivity (Wildman–Crippen MR) is 69.4 cm³/mol. The maximum atomic E-state index is 12.3. The normalized spacial score (nSPS) is 12.3. The number of H-pyrrole nitrogens is 1. The third-order valence-corrected chi connectivity index (χ3v) is 5.08. The largest absolute Gasteiger partial charge is 0.325 e. The number of thioether (sulfide) groups is 1. The Bertz CT molecular complexity index is 469. The fourth-order valence-corrected chi connectivity index (χ4v) is 3.52. The molecule has 3 N–H and O–H groups in total. The number of sulfonamides is 1. The van der Waals surface area contributed by atoms with Gasteiger partial charge in [-0.05, 0) is 13.2 Å². The van der Waals surface area contributed by atoms with Crippen molar-refractivity contribution < 1.29 is 8.42 Å². The van der Waals surface area contributed by atoms with Crippen LogP contribution in [0.3, 0.4) is 0 Å². The van der Waals surface area contributed by atoms with Gasteiger partial charge in [-0.1, -0.05) is 0 Å². The van der Waals surface area contributed by atoms with Crippen molar-refractivity contribution in [3.8, 4) is 0 Å². The molecule has 0 aromatic carbocycles. The van der Waals surface area contributed by atoms with Crippen molar-refractivity contribution in [2.45, 2.75) is 18.4 Å². The summed E-state index contributed by atoms with van der Waals surface area (Å²) in [7, 11) is -1.93. The first kappa shape index (κ1) is 14.5. The van der Waals surface area contributed by atoms with E-state index in [2.05, 4.69) is 10.2 Å². The summed E-state index contributed by atoms with van der Waals surface area (Å²) in [5.41, 5.74) is 6.41. The Balaban J connectivity index is 3.08. The van der Waals surface area contributed by atoms with Gasteiger partial charge in [-0.15, -0.1) is 0 Å². The van der Waals surface area contributed by atoms with E-state index < -0.39 is 10.0 Å². The number of nitrogens with zero attached hydrogens (tertiary/aromatic N) is 2. The maximum absolute atomic E-state index is 12.3. The molecule has 0 amide bonds. The summed E-state index contributed by atoms with van der Waals surface area (Å²) in [6.45, 7) is 2.26. The predicted octanol–water partition coefficient (Wildman–Crippen LogP) is 0.160. The van der Waals surface area contributed by atoms with Crippen molar-refractivity contribution in [1.82, 2.24) is 14.5 Å². The van der Waals surface area contributed by atoms with Crippen LogP contribution in [0.5, 0.6) is 0 Å². The van der Waals surface area contributed by atoms with E-state index in [0.29, 0.717) is 17.9 Å². The molecule has 0 aliphatic heterocycles. The van der Waals surface area contributed by atoms with Gasteiger partial charge in [-0.3, -0.25) is 5.10 Å². The Morgan fingerprint density at radius 1 is 1.53 bits per heavy atom. The first-order valence-electron chi connectivity index (χ1n) is 5.14. The van der Waals surface area contributed by atoms with E-state index >= 15 is 0 Å². The van der Waals surface area contributed by atoms with Gasteiger partial charge < -0.3 is 5.73 Å². The van der Waals surface area contributed by atoms with E-state index in [-0.39, 0.29) is 11.4 Å². The molecule has 1 rings (SSSR count). The van der Waals surface area contributed by atoms with Crippen molar-refractivity contribution in [2.75, 3.05) is 25.6 Å². The van der Waals surface area contributed by atoms with Gasteiger partial charge in [0.2, 0.25) is 10.0 Å². The van der Waals surface area contributed by atoms with Crippen LogP contribution in [0.4, 0.5) is 0 Å². The van der Waals surface area contributed by atoms with Gasteiger partial charge in [0.25, 0.3) is 0 Å². The minimum atomic E-state index is -3.50. The molecule has 0 unspecified atom stereocenters. The van der Waals surface area contributed by atoms with Crippen LogP contribution in [0.1, 0.15) is 11.4 Å². The second-order valence-electron chi connectivity index (χ2n) is 3.65. The van der Waals surface area contributed by atoms with E-state index in [0.717, 1.165) is 5.75 Å². The van der Waals surface area contributed by atoms with Crippen LogP contribution in [0.15, 0.2) is 4.90 Å². The third-order valence-electron chi connectivity index (χ3n) is 2.43. The molecule has 6 nitrogen and oxygen atoms in total. The van der Waals surface area contributed by atoms with Crippen LogP contribution in [-0.4, -0.2) is 48.5 Å². The lowest BCUT2D eigenvalue weighted by atomic mass is 10.4. The molecule has 1 heterocycles. The molecule has 0 saturated heterocycles. The first-order chi connectivity index (χ1) is 7.95. The second kappa shape index (κ2) is 5.85. The minimum absolute atomic E-state index is 0.106. The van der Waals surface area contributed by atoms with Crippen molar-refractivity contribution >= 4 is 21.8 Å². The Morgan fingerprint density at radius 3 is 2.71 bits per heavy atom. The van der Waals surface area contributed by atoms with Crippen LogP contribution in [0, 0.1) is 6.92 Å². The Morgan fingerprint density at radius 2 is 2.18 bits per heavy atom. The molecule has 0 saturated carbocycles. The van der Waals surface area contributed by atoms with E-state index in [1.165, 1.54) is 4.31 Å². The number of nitrogens with one attached hydrogen (secondary N) is 1. The van der Waals surface area contributed by atoms with Gasteiger partial charge in [0.1, 0.15) is 4.90 Å². The van der Waals surface area contributed by atoms with Crippen LogP contribution in [0.25, 0.3) is 0 Å². The van der Waals surface area contributed by atoms with Gasteiger partial charge in [0.15, 0.2) is 0 Å². The van der Waals surface area contributed by atoms with E-state index in [4.69, 9.17) is 5.73 Å². The SMILES string of the molecule is CSCCN(C)S(=O)(=O)c1c(CN)n[nH]c1C. The van der Waals surface area contributed by atoms with E-state index in [1.807, 2.05) is 6.26 Å². The maximum Gasteiger partial charge on any atom is 0.246 e. The smallest absolute Gasteiger partial charge is 0.246 e. The van der Waals surface area contributed by atoms with Gasteiger partial charge in [0, 0.05) is 25.9 Å². The topological polar surface area (TPSA) is 92.1 Å². The molecule has 0 spiro atoms. The van der Waals surface area contributed by atoms with Gasteiger partial charge in [0.05, 0.1) is 11.4 Å². The zero-order chi connectivity index (χ0) is 13.1. The molecule has 17 heavy (non-hydrogen) atoms. The molecule has 0 fully saturated rings. The Kier molecular flexibility index (Phi) is 4.99. The average Bonchev–Trinajstić information content (AvgIpc) is 2.67. The highest BCUT2D eigenvalue weighted by molar-refractivity contribution is 7.98. The van der Waals surface area contributed by atoms with E-state index in [9.17, 15) is 8.42 Å². The van der Waals surface area contributed by atoms with Crippen LogP contribution in [0.2, 0.25) is 0 Å². The monoisotopic (exact) mass is 278 g/mol. The highest BCUT2D eigenvalue weighted by Gasteiger charge is 2.27. The lowest BCUT2D eigenvalue weighted by molar-refractivity contribution is 0.487. The van der Waals surface area contributed by atoms with Gasteiger partial charge >= 0.3 is 0 Å². The lowest BCUT2D eigenvalue weighted by Gasteiger charge is -2.16. The van der Waals surface area contributed by atoms with Crippen LogP contribution >= 0.6 is 11.8 Å². The average molecular weight is 278 g/mol. The molecule has 0 radical (unpaired) electrons. The molecular weight excluding hydrogens is 260 g/mol. The van der Waals surface area contributed by atoms with Crippen molar-refractivity contribution in [3.05, 3.63) is 11.4 Å². The van der Waals surface area contributed by atoms with Crippen molar-refractivity contribution in [1.29, 1.82) is 0 Å². The highest BCUT2D eigenvalue weighted by atomic mass is 32.2. The van der Waals surface area contributed by atoms with Crippen LogP contribution in [-0.2, 0) is 16.6 Å². The second-order valence-corrected chi connectivity index (χ2v) is 6.62.